The van der Waals surface area contributed by atoms with Crippen LogP contribution in [0.15, 0.2) is 71.9 Å². The highest BCUT2D eigenvalue weighted by Gasteiger charge is 2.17. The van der Waals surface area contributed by atoms with E-state index in [0.29, 0.717) is 50.9 Å². The molecule has 1 aliphatic heterocycles. The Balaban J connectivity index is 1.32. The highest BCUT2D eigenvalue weighted by molar-refractivity contribution is 6.33. The average molecular weight is 557 g/mol. The van der Waals surface area contributed by atoms with Crippen LogP contribution in [0.5, 0.6) is 0 Å². The number of halogens is 2. The molecule has 5 aromatic rings. The molecule has 2 N–H and O–H groups in total. The van der Waals surface area contributed by atoms with Crippen molar-refractivity contribution in [1.29, 1.82) is 0 Å². The second kappa shape index (κ2) is 11.0. The summed E-state index contributed by atoms with van der Waals surface area (Å²) in [5.41, 5.74) is 3.12. The molecule has 0 amide bonds. The number of benzene rings is 2. The lowest BCUT2D eigenvalue weighted by atomic mass is 10.0. The first-order valence-corrected chi connectivity index (χ1v) is 13.4. The number of fused-ring (bicyclic) bond motifs is 1. The maximum absolute atomic E-state index is 14.9. The second-order valence-corrected chi connectivity index (χ2v) is 9.78. The van der Waals surface area contributed by atoms with Crippen molar-refractivity contribution in [2.45, 2.75) is 13.5 Å². The van der Waals surface area contributed by atoms with Crippen molar-refractivity contribution in [2.24, 2.45) is 0 Å². The van der Waals surface area contributed by atoms with Gasteiger partial charge in [-0.25, -0.2) is 19.3 Å². The minimum absolute atomic E-state index is 0.225. The molecule has 202 valence electrons. The van der Waals surface area contributed by atoms with E-state index < -0.39 is 0 Å². The Labute approximate surface area is 234 Å². The fraction of sp³-hybridized carbons (Fsp3) is 0.207. The first kappa shape index (κ1) is 25.8. The van der Waals surface area contributed by atoms with E-state index in [-0.39, 0.29) is 17.3 Å². The van der Waals surface area contributed by atoms with Gasteiger partial charge >= 0.3 is 0 Å². The second-order valence-electron chi connectivity index (χ2n) is 9.38. The Hall–Kier alpha value is -4.41. The Morgan fingerprint density at radius 1 is 1.02 bits per heavy atom. The van der Waals surface area contributed by atoms with Crippen molar-refractivity contribution in [1.82, 2.24) is 29.8 Å². The standard InChI is InChI=1S/C29H26ClFN8O/c1-2-39-27-19(14-22(28(39)40)21-6-4-18(15-23(21)30)26-33-8-3-9-34-26)17-35-29(37-27)36-20-5-7-25(24(31)16-20)38-12-10-32-11-13-38/h3-9,14-17,32H,2,10-13H2,1H3,(H,35,36,37). The van der Waals surface area contributed by atoms with E-state index in [1.54, 1.807) is 59.6 Å². The van der Waals surface area contributed by atoms with Gasteiger partial charge in [-0.3, -0.25) is 9.36 Å². The molecule has 2 aromatic carbocycles. The third kappa shape index (κ3) is 4.99. The molecule has 9 nitrogen and oxygen atoms in total. The van der Waals surface area contributed by atoms with Crippen molar-refractivity contribution in [3.8, 4) is 22.5 Å². The number of rotatable bonds is 6. The number of piperazine rings is 1. The number of nitrogens with zero attached hydrogens (tertiary/aromatic N) is 6. The Bertz CT molecular complexity index is 1760. The van der Waals surface area contributed by atoms with Gasteiger partial charge < -0.3 is 15.5 Å². The fourth-order valence-electron chi connectivity index (χ4n) is 4.90. The first-order chi connectivity index (χ1) is 19.5. The first-order valence-electron chi connectivity index (χ1n) is 13.0. The molecular formula is C29H26ClFN8O. The molecule has 0 unspecified atom stereocenters. The fourth-order valence-corrected chi connectivity index (χ4v) is 5.18. The predicted octanol–water partition coefficient (Wildman–Crippen LogP) is 4.88. The number of aryl methyl sites for hydroxylation is 1. The van der Waals surface area contributed by atoms with Crippen molar-refractivity contribution in [3.63, 3.8) is 0 Å². The molecular weight excluding hydrogens is 531 g/mol. The molecule has 0 saturated carbocycles. The zero-order valence-corrected chi connectivity index (χ0v) is 22.5. The minimum Gasteiger partial charge on any atom is -0.367 e. The van der Waals surface area contributed by atoms with Crippen LogP contribution in [-0.4, -0.2) is 50.7 Å². The quantitative estimate of drug-likeness (QED) is 0.305. The molecule has 4 heterocycles. The smallest absolute Gasteiger partial charge is 0.260 e. The molecule has 1 fully saturated rings. The third-order valence-corrected chi connectivity index (χ3v) is 7.20. The van der Waals surface area contributed by atoms with Gasteiger partial charge in [-0.15, -0.1) is 0 Å². The summed E-state index contributed by atoms with van der Waals surface area (Å²) in [6.07, 6.45) is 4.97. The van der Waals surface area contributed by atoms with Crippen LogP contribution in [0.4, 0.5) is 21.7 Å². The maximum Gasteiger partial charge on any atom is 0.260 e. The summed E-state index contributed by atoms with van der Waals surface area (Å²) in [7, 11) is 0. The van der Waals surface area contributed by atoms with Gasteiger partial charge in [0.25, 0.3) is 5.56 Å². The Morgan fingerprint density at radius 3 is 2.55 bits per heavy atom. The van der Waals surface area contributed by atoms with Crippen molar-refractivity contribution >= 4 is 40.0 Å². The van der Waals surface area contributed by atoms with Gasteiger partial charge in [-0.05, 0) is 43.3 Å². The molecule has 11 heteroatoms. The van der Waals surface area contributed by atoms with Gasteiger partial charge in [-0.2, -0.15) is 4.98 Å². The Kier molecular flexibility index (Phi) is 7.10. The molecule has 0 aliphatic carbocycles. The van der Waals surface area contributed by atoms with Crippen LogP contribution in [0.2, 0.25) is 5.02 Å². The SMILES string of the molecule is CCn1c(=O)c(-c2ccc(-c3ncccn3)cc2Cl)cc2cnc(Nc3ccc(N4CCNCC4)c(F)c3)nc21. The Morgan fingerprint density at radius 2 is 1.82 bits per heavy atom. The van der Waals surface area contributed by atoms with Gasteiger partial charge in [0.1, 0.15) is 11.5 Å². The summed E-state index contributed by atoms with van der Waals surface area (Å²) < 4.78 is 16.5. The van der Waals surface area contributed by atoms with E-state index in [1.165, 1.54) is 6.07 Å². The van der Waals surface area contributed by atoms with E-state index in [2.05, 4.69) is 30.6 Å². The molecule has 1 saturated heterocycles. The van der Waals surface area contributed by atoms with Crippen LogP contribution in [-0.2, 0) is 6.54 Å². The largest absolute Gasteiger partial charge is 0.367 e. The van der Waals surface area contributed by atoms with Crippen LogP contribution in [0.25, 0.3) is 33.5 Å². The van der Waals surface area contributed by atoms with Crippen molar-refractivity contribution in [3.05, 3.63) is 88.3 Å². The van der Waals surface area contributed by atoms with Crippen molar-refractivity contribution < 1.29 is 4.39 Å². The van der Waals surface area contributed by atoms with Crippen LogP contribution < -0.4 is 21.1 Å². The van der Waals surface area contributed by atoms with Gasteiger partial charge in [0.15, 0.2) is 5.82 Å². The van der Waals surface area contributed by atoms with E-state index >= 15 is 0 Å². The predicted molar refractivity (Wildman–Crippen MR) is 156 cm³/mol. The number of hydrogen-bond acceptors (Lipinski definition) is 8. The summed E-state index contributed by atoms with van der Waals surface area (Å²) in [5.74, 6) is 0.498. The van der Waals surface area contributed by atoms with E-state index in [9.17, 15) is 9.18 Å². The van der Waals surface area contributed by atoms with E-state index in [0.717, 1.165) is 31.7 Å². The highest BCUT2D eigenvalue weighted by Crippen LogP contribution is 2.31. The molecule has 1 aliphatic rings. The molecule has 0 spiro atoms. The number of nitrogens with one attached hydrogen (secondary N) is 2. The van der Waals surface area contributed by atoms with Crippen LogP contribution in [0.1, 0.15) is 6.92 Å². The summed E-state index contributed by atoms with van der Waals surface area (Å²) in [6, 6.07) is 13.9. The lowest BCUT2D eigenvalue weighted by molar-refractivity contribution is 0.566. The lowest BCUT2D eigenvalue weighted by Crippen LogP contribution is -2.43. The summed E-state index contributed by atoms with van der Waals surface area (Å²) >= 11 is 6.64. The monoisotopic (exact) mass is 556 g/mol. The average Bonchev–Trinajstić information content (AvgIpc) is 2.98. The minimum atomic E-state index is -0.315. The van der Waals surface area contributed by atoms with Crippen LogP contribution >= 0.6 is 11.6 Å². The topological polar surface area (TPSA) is 101 Å². The summed E-state index contributed by atoms with van der Waals surface area (Å²) in [5, 5.41) is 7.43. The number of aromatic nitrogens is 5. The van der Waals surface area contributed by atoms with Gasteiger partial charge in [0, 0.05) is 84.1 Å². The van der Waals surface area contributed by atoms with Gasteiger partial charge in [-0.1, -0.05) is 23.7 Å². The summed E-state index contributed by atoms with van der Waals surface area (Å²) in [6.45, 7) is 5.43. The zero-order chi connectivity index (χ0) is 27.6. The van der Waals surface area contributed by atoms with Gasteiger partial charge in [0.2, 0.25) is 5.95 Å². The molecule has 0 atom stereocenters. The molecule has 0 bridgehead atoms. The van der Waals surface area contributed by atoms with E-state index in [1.807, 2.05) is 17.9 Å². The molecule has 3 aromatic heterocycles. The molecule has 6 rings (SSSR count). The molecule has 40 heavy (non-hydrogen) atoms. The van der Waals surface area contributed by atoms with E-state index in [4.69, 9.17) is 11.6 Å². The van der Waals surface area contributed by atoms with Crippen LogP contribution in [0.3, 0.4) is 0 Å². The van der Waals surface area contributed by atoms with Crippen LogP contribution in [0, 0.1) is 5.82 Å². The third-order valence-electron chi connectivity index (χ3n) is 6.89. The molecule has 0 radical (unpaired) electrons. The normalized spacial score (nSPS) is 13.5. The maximum atomic E-state index is 14.9. The number of hydrogen-bond donors (Lipinski definition) is 2. The summed E-state index contributed by atoms with van der Waals surface area (Å²) in [4.78, 5) is 33.2. The highest BCUT2D eigenvalue weighted by atomic mass is 35.5. The lowest BCUT2D eigenvalue weighted by Gasteiger charge is -2.29. The zero-order valence-electron chi connectivity index (χ0n) is 21.7. The number of pyridine rings is 1. The van der Waals surface area contributed by atoms with Gasteiger partial charge in [0.05, 0.1) is 5.69 Å². The van der Waals surface area contributed by atoms with Crippen molar-refractivity contribution in [2.75, 3.05) is 36.4 Å². The number of anilines is 3.